The van der Waals surface area contributed by atoms with Gasteiger partial charge in [-0.05, 0) is 64.2 Å². The van der Waals surface area contributed by atoms with Crippen molar-refractivity contribution in [2.75, 3.05) is 26.7 Å². The largest absolute Gasteiger partial charge is 0.356 e. The van der Waals surface area contributed by atoms with Gasteiger partial charge in [-0.3, -0.25) is 4.79 Å². The molecule has 0 bridgehead atoms. The van der Waals surface area contributed by atoms with Gasteiger partial charge in [-0.15, -0.1) is 0 Å². The number of nitrogens with zero attached hydrogens (tertiary/aromatic N) is 1. The molecule has 3 heteroatoms. The minimum absolute atomic E-state index is 0.230. The van der Waals surface area contributed by atoms with Crippen LogP contribution in [0.2, 0.25) is 0 Å². The number of nitrogens with one attached hydrogen (secondary N) is 1. The lowest BCUT2D eigenvalue weighted by molar-refractivity contribution is -0.122. The van der Waals surface area contributed by atoms with Crippen molar-refractivity contribution < 1.29 is 4.79 Å². The van der Waals surface area contributed by atoms with Gasteiger partial charge in [0.25, 0.3) is 0 Å². The van der Waals surface area contributed by atoms with Crippen molar-refractivity contribution in [1.82, 2.24) is 10.2 Å². The number of likely N-dealkylation sites (tertiary alicyclic amines) is 1. The number of benzene rings is 1. The van der Waals surface area contributed by atoms with Crippen LogP contribution in [-0.4, -0.2) is 37.5 Å². The number of carbonyl (C=O) groups excluding carboxylic acids is 1. The number of amides is 1. The number of hydrogen-bond donors (Lipinski definition) is 1. The highest BCUT2D eigenvalue weighted by molar-refractivity contribution is 5.76. The Bertz CT molecular complexity index is 450. The van der Waals surface area contributed by atoms with Gasteiger partial charge in [-0.2, -0.15) is 0 Å². The molecule has 1 aromatic carbocycles. The summed E-state index contributed by atoms with van der Waals surface area (Å²) in [5, 5.41) is 3.07. The van der Waals surface area contributed by atoms with Crippen molar-refractivity contribution in [3.63, 3.8) is 0 Å². The molecule has 0 aromatic heterocycles. The summed E-state index contributed by atoms with van der Waals surface area (Å²) < 4.78 is 0. The van der Waals surface area contributed by atoms with E-state index in [1.165, 1.54) is 11.1 Å². The fourth-order valence-corrected chi connectivity index (χ4v) is 2.99. The number of rotatable bonds is 6. The SMILES string of the molecule is Cc1cccc(CCCNC(=O)CC2CCN(C)CC2)c1. The van der Waals surface area contributed by atoms with E-state index in [-0.39, 0.29) is 5.91 Å². The van der Waals surface area contributed by atoms with Crippen LogP contribution in [0.3, 0.4) is 0 Å². The minimum Gasteiger partial charge on any atom is -0.356 e. The molecule has 1 saturated heterocycles. The quantitative estimate of drug-likeness (QED) is 0.816. The summed E-state index contributed by atoms with van der Waals surface area (Å²) in [6.07, 6.45) is 5.08. The first kappa shape index (κ1) is 16.0. The molecule has 0 unspecified atom stereocenters. The van der Waals surface area contributed by atoms with E-state index in [4.69, 9.17) is 0 Å². The van der Waals surface area contributed by atoms with Crippen LogP contribution in [0.5, 0.6) is 0 Å². The summed E-state index contributed by atoms with van der Waals surface area (Å²) in [6, 6.07) is 8.60. The third-order valence-electron chi connectivity index (χ3n) is 4.36. The zero-order valence-corrected chi connectivity index (χ0v) is 13.4. The van der Waals surface area contributed by atoms with Crippen LogP contribution >= 0.6 is 0 Å². The van der Waals surface area contributed by atoms with Crippen molar-refractivity contribution in [3.05, 3.63) is 35.4 Å². The Kier molecular flexibility index (Phi) is 6.24. The standard InChI is InChI=1S/C18H28N2O/c1-15-5-3-6-16(13-15)7-4-10-19-18(21)14-17-8-11-20(2)12-9-17/h3,5-6,13,17H,4,7-12,14H2,1-2H3,(H,19,21). The molecule has 0 atom stereocenters. The first-order valence-electron chi connectivity index (χ1n) is 8.14. The maximum atomic E-state index is 11.9. The van der Waals surface area contributed by atoms with Gasteiger partial charge >= 0.3 is 0 Å². The molecule has 0 spiro atoms. The second-order valence-electron chi connectivity index (χ2n) is 6.39. The Morgan fingerprint density at radius 1 is 1.33 bits per heavy atom. The van der Waals surface area contributed by atoms with E-state index in [0.29, 0.717) is 12.3 Å². The summed E-state index contributed by atoms with van der Waals surface area (Å²) in [7, 11) is 2.15. The molecule has 1 aromatic rings. The molecule has 0 radical (unpaired) electrons. The van der Waals surface area contributed by atoms with E-state index in [0.717, 1.165) is 45.3 Å². The van der Waals surface area contributed by atoms with Gasteiger partial charge in [-0.1, -0.05) is 29.8 Å². The normalized spacial score (nSPS) is 16.9. The van der Waals surface area contributed by atoms with E-state index >= 15 is 0 Å². The van der Waals surface area contributed by atoms with Crippen molar-refractivity contribution >= 4 is 5.91 Å². The van der Waals surface area contributed by atoms with E-state index < -0.39 is 0 Å². The smallest absolute Gasteiger partial charge is 0.220 e. The number of piperidine rings is 1. The number of aryl methyl sites for hydroxylation is 2. The molecule has 21 heavy (non-hydrogen) atoms. The molecule has 2 rings (SSSR count). The van der Waals surface area contributed by atoms with Gasteiger partial charge in [-0.25, -0.2) is 0 Å². The fourth-order valence-electron chi connectivity index (χ4n) is 2.99. The molecular formula is C18H28N2O. The molecule has 1 amide bonds. The third-order valence-corrected chi connectivity index (χ3v) is 4.36. The number of hydrogen-bond acceptors (Lipinski definition) is 2. The van der Waals surface area contributed by atoms with Crippen LogP contribution < -0.4 is 5.32 Å². The molecule has 116 valence electrons. The lowest BCUT2D eigenvalue weighted by Crippen LogP contribution is -2.33. The summed E-state index contributed by atoms with van der Waals surface area (Å²) in [5.74, 6) is 0.812. The topological polar surface area (TPSA) is 32.3 Å². The molecule has 3 nitrogen and oxygen atoms in total. The van der Waals surface area contributed by atoms with E-state index in [2.05, 4.69) is 48.5 Å². The first-order valence-corrected chi connectivity index (χ1v) is 8.14. The Hall–Kier alpha value is -1.35. The van der Waals surface area contributed by atoms with Crippen molar-refractivity contribution in [3.8, 4) is 0 Å². The Morgan fingerprint density at radius 3 is 2.81 bits per heavy atom. The summed E-state index contributed by atoms with van der Waals surface area (Å²) in [4.78, 5) is 14.3. The molecule has 1 N–H and O–H groups in total. The fraction of sp³-hybridized carbons (Fsp3) is 0.611. The molecule has 1 aliphatic heterocycles. The lowest BCUT2D eigenvalue weighted by Gasteiger charge is -2.28. The van der Waals surface area contributed by atoms with Crippen LogP contribution in [0, 0.1) is 12.8 Å². The molecule has 0 aliphatic carbocycles. The number of carbonyl (C=O) groups is 1. The van der Waals surface area contributed by atoms with Crippen LogP contribution in [0.25, 0.3) is 0 Å². The average Bonchev–Trinajstić information content (AvgIpc) is 2.46. The second kappa shape index (κ2) is 8.18. The van der Waals surface area contributed by atoms with Crippen LogP contribution in [0.15, 0.2) is 24.3 Å². The highest BCUT2D eigenvalue weighted by Crippen LogP contribution is 2.19. The summed E-state index contributed by atoms with van der Waals surface area (Å²) in [6.45, 7) is 5.17. The predicted octanol–water partition coefficient (Wildman–Crippen LogP) is 2.78. The zero-order valence-electron chi connectivity index (χ0n) is 13.4. The van der Waals surface area contributed by atoms with Crippen molar-refractivity contribution in [1.29, 1.82) is 0 Å². The van der Waals surface area contributed by atoms with E-state index in [1.807, 2.05) is 0 Å². The van der Waals surface area contributed by atoms with Crippen LogP contribution in [0.4, 0.5) is 0 Å². The molecular weight excluding hydrogens is 260 g/mol. The highest BCUT2D eigenvalue weighted by atomic mass is 16.1. The maximum absolute atomic E-state index is 11.9. The van der Waals surface area contributed by atoms with Crippen molar-refractivity contribution in [2.45, 2.75) is 39.0 Å². The lowest BCUT2D eigenvalue weighted by atomic mass is 9.93. The average molecular weight is 288 g/mol. The minimum atomic E-state index is 0.230. The van der Waals surface area contributed by atoms with Gasteiger partial charge in [0.15, 0.2) is 0 Å². The molecule has 1 fully saturated rings. The van der Waals surface area contributed by atoms with E-state index in [1.54, 1.807) is 0 Å². The maximum Gasteiger partial charge on any atom is 0.220 e. The predicted molar refractivity (Wildman–Crippen MR) is 87.3 cm³/mol. The molecule has 1 heterocycles. The Morgan fingerprint density at radius 2 is 2.10 bits per heavy atom. The van der Waals surface area contributed by atoms with Gasteiger partial charge in [0, 0.05) is 13.0 Å². The van der Waals surface area contributed by atoms with Gasteiger partial charge < -0.3 is 10.2 Å². The molecule has 1 aliphatic rings. The zero-order chi connectivity index (χ0) is 15.1. The Balaban J connectivity index is 1.59. The molecule has 0 saturated carbocycles. The Labute approximate surface area is 128 Å². The van der Waals surface area contributed by atoms with Crippen LogP contribution in [0.1, 0.15) is 36.8 Å². The summed E-state index contributed by atoms with van der Waals surface area (Å²) >= 11 is 0. The van der Waals surface area contributed by atoms with Crippen LogP contribution in [-0.2, 0) is 11.2 Å². The van der Waals surface area contributed by atoms with Gasteiger partial charge in [0.1, 0.15) is 0 Å². The second-order valence-corrected chi connectivity index (χ2v) is 6.39. The highest BCUT2D eigenvalue weighted by Gasteiger charge is 2.19. The summed E-state index contributed by atoms with van der Waals surface area (Å²) in [5.41, 5.74) is 2.67. The van der Waals surface area contributed by atoms with Gasteiger partial charge in [0.05, 0.1) is 0 Å². The monoisotopic (exact) mass is 288 g/mol. The van der Waals surface area contributed by atoms with E-state index in [9.17, 15) is 4.79 Å². The van der Waals surface area contributed by atoms with Gasteiger partial charge in [0.2, 0.25) is 5.91 Å². The van der Waals surface area contributed by atoms with Crippen molar-refractivity contribution in [2.24, 2.45) is 5.92 Å². The third kappa shape index (κ3) is 5.88. The first-order chi connectivity index (χ1) is 10.1.